The van der Waals surface area contributed by atoms with Crippen molar-refractivity contribution in [3.63, 3.8) is 0 Å². The van der Waals surface area contributed by atoms with Crippen LogP contribution in [-0.4, -0.2) is 58.3 Å². The van der Waals surface area contributed by atoms with Crippen LogP contribution in [0.1, 0.15) is 51.0 Å². The Morgan fingerprint density at radius 3 is 2.97 bits per heavy atom. The molecule has 0 saturated carbocycles. The molecule has 3 fully saturated rings. The lowest BCUT2D eigenvalue weighted by atomic mass is 9.72. The number of fused-ring (bicyclic) bond motifs is 4. The van der Waals surface area contributed by atoms with Crippen molar-refractivity contribution in [2.45, 2.75) is 64.1 Å². The molecule has 7 nitrogen and oxygen atoms in total. The number of nitrogens with one attached hydrogen (secondary N) is 1. The summed E-state index contributed by atoms with van der Waals surface area (Å²) in [6.07, 6.45) is 6.95. The number of carbonyl (C=O) groups is 2. The van der Waals surface area contributed by atoms with Crippen LogP contribution in [0.4, 0.5) is 5.82 Å². The van der Waals surface area contributed by atoms with Gasteiger partial charge in [0.05, 0.1) is 6.04 Å². The zero-order valence-corrected chi connectivity index (χ0v) is 17.3. The number of hydrogen-bond acceptors (Lipinski definition) is 5. The number of likely N-dealkylation sites (tertiary alicyclic amines) is 1. The van der Waals surface area contributed by atoms with E-state index in [-0.39, 0.29) is 17.9 Å². The van der Waals surface area contributed by atoms with E-state index in [4.69, 9.17) is 5.73 Å². The summed E-state index contributed by atoms with van der Waals surface area (Å²) in [6.45, 7) is 5.30. The normalized spacial score (nSPS) is 29.4. The minimum Gasteiger partial charge on any atom is -0.383 e. The number of piperidine rings is 3. The van der Waals surface area contributed by atoms with Crippen LogP contribution in [0, 0.1) is 11.8 Å². The van der Waals surface area contributed by atoms with E-state index in [0.29, 0.717) is 43.1 Å². The third-order valence-electron chi connectivity index (χ3n) is 6.88. The molecule has 1 aromatic rings. The quantitative estimate of drug-likeness (QED) is 0.761. The van der Waals surface area contributed by atoms with Crippen LogP contribution in [0.15, 0.2) is 18.3 Å². The maximum absolute atomic E-state index is 12.8. The van der Waals surface area contributed by atoms with E-state index < -0.39 is 0 Å². The van der Waals surface area contributed by atoms with Gasteiger partial charge in [-0.05, 0) is 43.6 Å². The van der Waals surface area contributed by atoms with Gasteiger partial charge in [0.15, 0.2) is 0 Å². The molecule has 3 aliphatic heterocycles. The summed E-state index contributed by atoms with van der Waals surface area (Å²) in [5, 5.41) is 3.10. The molecule has 1 aromatic heterocycles. The van der Waals surface area contributed by atoms with E-state index in [0.717, 1.165) is 50.9 Å². The van der Waals surface area contributed by atoms with E-state index >= 15 is 0 Å². The van der Waals surface area contributed by atoms with Crippen molar-refractivity contribution in [1.29, 1.82) is 0 Å². The minimum atomic E-state index is 0.0893. The molecule has 0 aliphatic carbocycles. The molecule has 4 heterocycles. The second-order valence-corrected chi connectivity index (χ2v) is 8.88. The van der Waals surface area contributed by atoms with Crippen molar-refractivity contribution in [2.24, 2.45) is 11.8 Å². The number of rotatable bonds is 6. The maximum atomic E-state index is 12.8. The zero-order valence-electron chi connectivity index (χ0n) is 17.3. The number of nitrogens with two attached hydrogens (primary N) is 1. The molecule has 2 amide bonds. The van der Waals surface area contributed by atoms with Gasteiger partial charge in [-0.15, -0.1) is 0 Å². The summed E-state index contributed by atoms with van der Waals surface area (Å²) < 4.78 is 0. The third-order valence-corrected chi connectivity index (χ3v) is 6.88. The topological polar surface area (TPSA) is 91.6 Å². The van der Waals surface area contributed by atoms with Crippen LogP contribution in [0.25, 0.3) is 0 Å². The van der Waals surface area contributed by atoms with Crippen LogP contribution in [0.5, 0.6) is 0 Å². The van der Waals surface area contributed by atoms with Gasteiger partial charge in [-0.3, -0.25) is 14.5 Å². The predicted octanol–water partition coefficient (Wildman–Crippen LogP) is 1.78. The van der Waals surface area contributed by atoms with E-state index in [1.807, 2.05) is 19.1 Å². The first-order valence-electron chi connectivity index (χ1n) is 11.1. The monoisotopic (exact) mass is 399 g/mol. The highest BCUT2D eigenvalue weighted by Crippen LogP contribution is 2.41. The van der Waals surface area contributed by atoms with Crippen molar-refractivity contribution in [1.82, 2.24) is 20.1 Å². The van der Waals surface area contributed by atoms with E-state index in [2.05, 4.69) is 20.1 Å². The summed E-state index contributed by atoms with van der Waals surface area (Å²) in [6, 6.07) is 4.38. The average Bonchev–Trinajstić information content (AvgIpc) is 2.70. The highest BCUT2D eigenvalue weighted by Gasteiger charge is 2.49. The second kappa shape index (κ2) is 8.69. The Morgan fingerprint density at radius 2 is 2.17 bits per heavy atom. The summed E-state index contributed by atoms with van der Waals surface area (Å²) >= 11 is 0. The molecule has 3 N–H and O–H groups in total. The predicted molar refractivity (Wildman–Crippen MR) is 112 cm³/mol. The van der Waals surface area contributed by atoms with Gasteiger partial charge >= 0.3 is 0 Å². The number of pyridine rings is 1. The van der Waals surface area contributed by atoms with Crippen molar-refractivity contribution < 1.29 is 9.59 Å². The van der Waals surface area contributed by atoms with Crippen molar-refractivity contribution in [2.75, 3.05) is 25.4 Å². The SMILES string of the molecule is CCCC(=O)NC[C@H]1[C@H]2C[C@H](CN(Cc3cccnc3N)C2)[C@@H]2CCCC(=O)N21. The number of nitrogen functional groups attached to an aromatic ring is 1. The summed E-state index contributed by atoms with van der Waals surface area (Å²) in [4.78, 5) is 33.8. The molecule has 0 unspecified atom stereocenters. The van der Waals surface area contributed by atoms with Crippen LogP contribution < -0.4 is 11.1 Å². The van der Waals surface area contributed by atoms with Crippen LogP contribution in [0.3, 0.4) is 0 Å². The molecule has 4 atom stereocenters. The Balaban J connectivity index is 1.51. The van der Waals surface area contributed by atoms with Gasteiger partial charge in [0.25, 0.3) is 0 Å². The number of nitrogens with zero attached hydrogens (tertiary/aromatic N) is 3. The fraction of sp³-hybridized carbons (Fsp3) is 0.682. The van der Waals surface area contributed by atoms with Crippen molar-refractivity contribution >= 4 is 17.6 Å². The first-order valence-corrected chi connectivity index (χ1v) is 11.1. The smallest absolute Gasteiger partial charge is 0.223 e. The Hall–Kier alpha value is -2.15. The lowest BCUT2D eigenvalue weighted by Gasteiger charge is -2.56. The lowest BCUT2D eigenvalue weighted by molar-refractivity contribution is -0.153. The summed E-state index contributed by atoms with van der Waals surface area (Å²) in [7, 11) is 0. The fourth-order valence-corrected chi connectivity index (χ4v) is 5.62. The summed E-state index contributed by atoms with van der Waals surface area (Å²) in [5.41, 5.74) is 7.14. The highest BCUT2D eigenvalue weighted by atomic mass is 16.2. The lowest BCUT2D eigenvalue weighted by Crippen LogP contribution is -2.67. The van der Waals surface area contributed by atoms with Gasteiger partial charge in [0.2, 0.25) is 11.8 Å². The molecule has 3 aliphatic rings. The van der Waals surface area contributed by atoms with Crippen molar-refractivity contribution in [3.8, 4) is 0 Å². The number of carbonyl (C=O) groups excluding carboxylic acids is 2. The first kappa shape index (κ1) is 20.1. The molecule has 0 spiro atoms. The van der Waals surface area contributed by atoms with E-state index in [1.54, 1.807) is 6.20 Å². The fourth-order valence-electron chi connectivity index (χ4n) is 5.62. The van der Waals surface area contributed by atoms with Gasteiger partial charge in [0, 0.05) is 56.8 Å². The molecule has 29 heavy (non-hydrogen) atoms. The molecule has 158 valence electrons. The van der Waals surface area contributed by atoms with Gasteiger partial charge in [-0.25, -0.2) is 4.98 Å². The van der Waals surface area contributed by atoms with Gasteiger partial charge < -0.3 is 16.0 Å². The molecule has 0 aromatic carbocycles. The average molecular weight is 400 g/mol. The molecule has 2 bridgehead atoms. The number of anilines is 1. The molecular weight excluding hydrogens is 366 g/mol. The number of aromatic nitrogens is 1. The number of amides is 2. The summed E-state index contributed by atoms with van der Waals surface area (Å²) in [5.74, 6) is 1.84. The Kier molecular flexibility index (Phi) is 6.04. The van der Waals surface area contributed by atoms with Gasteiger partial charge in [-0.2, -0.15) is 0 Å². The van der Waals surface area contributed by atoms with Crippen LogP contribution in [0.2, 0.25) is 0 Å². The van der Waals surface area contributed by atoms with Gasteiger partial charge in [0.1, 0.15) is 5.82 Å². The van der Waals surface area contributed by atoms with Crippen LogP contribution >= 0.6 is 0 Å². The van der Waals surface area contributed by atoms with Crippen molar-refractivity contribution in [3.05, 3.63) is 23.9 Å². The molecule has 4 rings (SSSR count). The largest absolute Gasteiger partial charge is 0.383 e. The van der Waals surface area contributed by atoms with Crippen LogP contribution in [-0.2, 0) is 16.1 Å². The third kappa shape index (κ3) is 4.25. The zero-order chi connectivity index (χ0) is 20.4. The minimum absolute atomic E-state index is 0.0893. The Bertz CT molecular complexity index is 754. The van der Waals surface area contributed by atoms with E-state index in [9.17, 15) is 9.59 Å². The first-order chi connectivity index (χ1) is 14.1. The highest BCUT2D eigenvalue weighted by molar-refractivity contribution is 5.78. The Labute approximate surface area is 173 Å². The standard InChI is InChI=1S/C22H33N5O2/c1-2-5-20(28)25-11-19-17-10-16(18-7-3-8-21(29)27(18)19)13-26(14-17)12-15-6-4-9-24-22(15)23/h4,6,9,16-19H,2-3,5,7-8,10-14H2,1H3,(H2,23,24)(H,25,28)/t16-,17+,18+,19+/m1/s1. The second-order valence-electron chi connectivity index (χ2n) is 8.88. The maximum Gasteiger partial charge on any atom is 0.223 e. The van der Waals surface area contributed by atoms with Gasteiger partial charge in [-0.1, -0.05) is 13.0 Å². The Morgan fingerprint density at radius 1 is 1.34 bits per heavy atom. The molecule has 7 heteroatoms. The molecular formula is C22H33N5O2. The number of hydrogen-bond donors (Lipinski definition) is 2. The van der Waals surface area contributed by atoms with E-state index in [1.165, 1.54) is 0 Å². The molecule has 0 radical (unpaired) electrons. The molecule has 3 saturated heterocycles.